The summed E-state index contributed by atoms with van der Waals surface area (Å²) in [5.74, 6) is 0. The van der Waals surface area contributed by atoms with Crippen molar-refractivity contribution in [3.05, 3.63) is 41.5 Å². The first kappa shape index (κ1) is 10.9. The molecule has 1 aliphatic heterocycles. The van der Waals surface area contributed by atoms with Crippen LogP contribution in [0.4, 0.5) is 13.2 Å². The average molecular weight is 225 g/mol. The molecule has 1 aromatic carbocycles. The molecule has 0 spiro atoms. The van der Waals surface area contributed by atoms with Gasteiger partial charge in [-0.3, -0.25) is 4.99 Å². The highest BCUT2D eigenvalue weighted by atomic mass is 19.4. The Labute approximate surface area is 91.3 Å². The molecule has 0 aliphatic carbocycles. The molecule has 0 aromatic heterocycles. The van der Waals surface area contributed by atoms with Crippen molar-refractivity contribution < 1.29 is 13.2 Å². The maximum absolute atomic E-state index is 12.5. The number of dihydropyridines is 1. The van der Waals surface area contributed by atoms with Gasteiger partial charge in [-0.05, 0) is 23.3 Å². The second kappa shape index (κ2) is 4.12. The predicted octanol–water partition coefficient (Wildman–Crippen LogP) is 3.56. The lowest BCUT2D eigenvalue weighted by molar-refractivity contribution is -0.137. The second-order valence-corrected chi connectivity index (χ2v) is 3.56. The molecule has 0 fully saturated rings. The first-order valence-corrected chi connectivity index (χ1v) is 4.92. The average Bonchev–Trinajstić information content (AvgIpc) is 2.29. The van der Waals surface area contributed by atoms with Crippen LogP contribution in [0.2, 0.25) is 0 Å². The molecule has 2 rings (SSSR count). The first-order chi connectivity index (χ1) is 7.57. The Hall–Kier alpha value is -1.58. The summed E-state index contributed by atoms with van der Waals surface area (Å²) in [4.78, 5) is 4.00. The summed E-state index contributed by atoms with van der Waals surface area (Å²) in [5, 5.41) is 0. The minimum atomic E-state index is -4.28. The predicted molar refractivity (Wildman–Crippen MR) is 57.4 cm³/mol. The van der Waals surface area contributed by atoms with Gasteiger partial charge in [-0.15, -0.1) is 0 Å². The number of halogens is 3. The Bertz CT molecular complexity index is 444. The molecule has 0 atom stereocenters. The number of aliphatic imine (C=N–C) groups is 1. The molecular weight excluding hydrogens is 215 g/mol. The van der Waals surface area contributed by atoms with Gasteiger partial charge in [0.05, 0.1) is 12.1 Å². The minimum absolute atomic E-state index is 0.547. The number of hydrogen-bond acceptors (Lipinski definition) is 1. The summed E-state index contributed by atoms with van der Waals surface area (Å²) in [5.41, 5.74) is 0.926. The summed E-state index contributed by atoms with van der Waals surface area (Å²) in [6, 6.07) is 5.40. The van der Waals surface area contributed by atoms with Crippen molar-refractivity contribution in [1.82, 2.24) is 0 Å². The van der Waals surface area contributed by atoms with Crippen LogP contribution in [0.5, 0.6) is 0 Å². The normalized spacial score (nSPS) is 16.1. The fraction of sp³-hybridized carbons (Fsp3) is 0.250. The lowest BCUT2D eigenvalue weighted by Gasteiger charge is -2.11. The van der Waals surface area contributed by atoms with Crippen molar-refractivity contribution in [2.75, 3.05) is 6.54 Å². The minimum Gasteiger partial charge on any atom is -0.293 e. The van der Waals surface area contributed by atoms with E-state index in [1.807, 2.05) is 6.08 Å². The highest BCUT2D eigenvalue weighted by Crippen LogP contribution is 2.31. The van der Waals surface area contributed by atoms with Crippen molar-refractivity contribution in [3.63, 3.8) is 0 Å². The lowest BCUT2D eigenvalue weighted by atomic mass is 9.99. The van der Waals surface area contributed by atoms with E-state index in [4.69, 9.17) is 0 Å². The van der Waals surface area contributed by atoms with Gasteiger partial charge in [0.25, 0.3) is 0 Å². The highest BCUT2D eigenvalue weighted by Gasteiger charge is 2.30. The molecular formula is C12H10F3N. The molecule has 0 saturated carbocycles. The summed E-state index contributed by atoms with van der Waals surface area (Å²) >= 11 is 0. The van der Waals surface area contributed by atoms with Gasteiger partial charge in [0.2, 0.25) is 0 Å². The van der Waals surface area contributed by atoms with Crippen molar-refractivity contribution in [1.29, 1.82) is 0 Å². The molecule has 16 heavy (non-hydrogen) atoms. The van der Waals surface area contributed by atoms with Gasteiger partial charge >= 0.3 is 6.18 Å². The van der Waals surface area contributed by atoms with E-state index in [0.717, 1.165) is 11.6 Å². The quantitative estimate of drug-likeness (QED) is 0.692. The van der Waals surface area contributed by atoms with Gasteiger partial charge in [0, 0.05) is 12.6 Å². The largest absolute Gasteiger partial charge is 0.416 e. The van der Waals surface area contributed by atoms with Crippen LogP contribution in [0.3, 0.4) is 0 Å². The number of nitrogens with zero attached hydrogens (tertiary/aromatic N) is 1. The van der Waals surface area contributed by atoms with Crippen molar-refractivity contribution in [2.45, 2.75) is 12.6 Å². The standard InChI is InChI=1S/C12H10F3N/c13-12(14,15)11-3-1-2-10(8-11)9-4-6-16-7-5-9/h1-4,7-8H,5-6H2. The third-order valence-electron chi connectivity index (χ3n) is 2.44. The summed E-state index contributed by atoms with van der Waals surface area (Å²) in [6.07, 6.45) is -0.0915. The Morgan fingerprint density at radius 3 is 2.62 bits per heavy atom. The number of alkyl halides is 3. The number of benzene rings is 1. The third-order valence-corrected chi connectivity index (χ3v) is 2.44. The molecule has 0 radical (unpaired) electrons. The van der Waals surface area contributed by atoms with Crippen LogP contribution in [-0.4, -0.2) is 12.8 Å². The zero-order valence-corrected chi connectivity index (χ0v) is 8.46. The first-order valence-electron chi connectivity index (χ1n) is 4.92. The zero-order valence-electron chi connectivity index (χ0n) is 8.46. The van der Waals surface area contributed by atoms with E-state index in [2.05, 4.69) is 4.99 Å². The molecule has 1 nitrogen and oxygen atoms in total. The van der Waals surface area contributed by atoms with E-state index in [9.17, 15) is 13.2 Å². The number of rotatable bonds is 1. The fourth-order valence-electron chi connectivity index (χ4n) is 1.61. The van der Waals surface area contributed by atoms with Crippen LogP contribution in [-0.2, 0) is 6.18 Å². The van der Waals surface area contributed by atoms with E-state index in [1.54, 1.807) is 12.3 Å². The summed E-state index contributed by atoms with van der Waals surface area (Å²) in [6.45, 7) is 0.547. The molecule has 1 aliphatic rings. The van der Waals surface area contributed by atoms with Crippen LogP contribution < -0.4 is 0 Å². The molecule has 0 unspecified atom stereocenters. The molecule has 1 heterocycles. The van der Waals surface area contributed by atoms with E-state index < -0.39 is 11.7 Å². The fourth-order valence-corrected chi connectivity index (χ4v) is 1.61. The molecule has 0 N–H and O–H groups in total. The van der Waals surface area contributed by atoms with Crippen molar-refractivity contribution >= 4 is 11.8 Å². The Morgan fingerprint density at radius 1 is 1.19 bits per heavy atom. The van der Waals surface area contributed by atoms with Crippen LogP contribution in [0.25, 0.3) is 5.57 Å². The molecule has 0 bridgehead atoms. The Balaban J connectivity index is 2.32. The molecule has 0 saturated heterocycles. The Kier molecular flexibility index (Phi) is 2.81. The van der Waals surface area contributed by atoms with Gasteiger partial charge in [0.15, 0.2) is 0 Å². The molecule has 0 amide bonds. The van der Waals surface area contributed by atoms with Gasteiger partial charge in [-0.25, -0.2) is 0 Å². The molecule has 4 heteroatoms. The maximum Gasteiger partial charge on any atom is 0.416 e. The van der Waals surface area contributed by atoms with Gasteiger partial charge in [-0.2, -0.15) is 13.2 Å². The van der Waals surface area contributed by atoms with E-state index >= 15 is 0 Å². The smallest absolute Gasteiger partial charge is 0.293 e. The summed E-state index contributed by atoms with van der Waals surface area (Å²) < 4.78 is 37.5. The maximum atomic E-state index is 12.5. The monoisotopic (exact) mass is 225 g/mol. The number of hydrogen-bond donors (Lipinski definition) is 0. The van der Waals surface area contributed by atoms with Crippen LogP contribution in [0, 0.1) is 0 Å². The van der Waals surface area contributed by atoms with E-state index in [1.165, 1.54) is 12.1 Å². The zero-order chi connectivity index (χ0) is 11.6. The lowest BCUT2D eigenvalue weighted by Crippen LogP contribution is -2.05. The molecule has 84 valence electrons. The topological polar surface area (TPSA) is 12.4 Å². The van der Waals surface area contributed by atoms with Gasteiger partial charge in [0.1, 0.15) is 0 Å². The molecule has 1 aromatic rings. The van der Waals surface area contributed by atoms with Gasteiger partial charge in [-0.1, -0.05) is 18.2 Å². The van der Waals surface area contributed by atoms with E-state index in [-0.39, 0.29) is 0 Å². The third kappa shape index (κ3) is 2.32. The van der Waals surface area contributed by atoms with Gasteiger partial charge < -0.3 is 0 Å². The number of allylic oxidation sites excluding steroid dienone is 1. The van der Waals surface area contributed by atoms with E-state index in [0.29, 0.717) is 18.5 Å². The highest BCUT2D eigenvalue weighted by molar-refractivity contribution is 5.81. The van der Waals surface area contributed by atoms with Crippen LogP contribution >= 0.6 is 0 Å². The summed E-state index contributed by atoms with van der Waals surface area (Å²) in [7, 11) is 0. The van der Waals surface area contributed by atoms with Crippen LogP contribution in [0.1, 0.15) is 17.5 Å². The van der Waals surface area contributed by atoms with Crippen LogP contribution in [0.15, 0.2) is 35.3 Å². The second-order valence-electron chi connectivity index (χ2n) is 3.56. The van der Waals surface area contributed by atoms with Crippen molar-refractivity contribution in [2.24, 2.45) is 4.99 Å². The van der Waals surface area contributed by atoms with Crippen molar-refractivity contribution in [3.8, 4) is 0 Å². The SMILES string of the molecule is FC(F)(F)c1cccc(C2=CCN=CC2)c1. The Morgan fingerprint density at radius 2 is 2.00 bits per heavy atom.